The number of benzene rings is 2. The second-order valence-electron chi connectivity index (χ2n) is 7.92. The van der Waals surface area contributed by atoms with E-state index in [1.165, 1.54) is 0 Å². The molecule has 3 aromatic rings. The number of carbonyl (C=O) groups excluding carboxylic acids is 1. The van der Waals surface area contributed by atoms with Crippen LogP contribution < -0.4 is 5.32 Å². The summed E-state index contributed by atoms with van der Waals surface area (Å²) in [5, 5.41) is 3.58. The molecule has 1 aliphatic heterocycles. The lowest BCUT2D eigenvalue weighted by Crippen LogP contribution is -2.44. The number of amides is 1. The number of hydrogen-bond donors (Lipinski definition) is 1. The lowest BCUT2D eigenvalue weighted by atomic mass is 10.2. The van der Waals surface area contributed by atoms with Crippen LogP contribution in [0, 0.1) is 0 Å². The molecule has 0 radical (unpaired) electrons. The molecule has 1 amide bonds. The van der Waals surface area contributed by atoms with Crippen LogP contribution in [0.15, 0.2) is 42.5 Å². The van der Waals surface area contributed by atoms with E-state index < -0.39 is 0 Å². The average Bonchev–Trinajstić information content (AvgIpc) is 3.07. The van der Waals surface area contributed by atoms with Crippen LogP contribution in [0.2, 0.25) is 5.02 Å². The van der Waals surface area contributed by atoms with Gasteiger partial charge in [-0.05, 0) is 55.9 Å². The minimum atomic E-state index is -0.156. The van der Waals surface area contributed by atoms with Gasteiger partial charge in [-0.15, -0.1) is 0 Å². The Hall–Kier alpha value is -2.41. The van der Waals surface area contributed by atoms with Crippen LogP contribution in [0.4, 0.5) is 5.69 Å². The molecule has 0 saturated carbocycles. The predicted octanol–water partition coefficient (Wildman–Crippen LogP) is 4.10. The Bertz CT molecular complexity index is 1020. The van der Waals surface area contributed by atoms with Crippen molar-refractivity contribution in [3.8, 4) is 0 Å². The van der Waals surface area contributed by atoms with E-state index in [1.54, 1.807) is 24.3 Å². The zero-order valence-electron chi connectivity index (χ0n) is 17.6. The van der Waals surface area contributed by atoms with E-state index in [1.807, 2.05) is 12.1 Å². The van der Waals surface area contributed by atoms with Gasteiger partial charge in [-0.2, -0.15) is 0 Å². The third-order valence-corrected chi connectivity index (χ3v) is 5.85. The normalized spacial score (nSPS) is 15.6. The minimum Gasteiger partial charge on any atom is -0.327 e. The monoisotopic (exact) mass is 425 g/mol. The van der Waals surface area contributed by atoms with Crippen LogP contribution >= 0.6 is 11.6 Å². The number of piperazine rings is 1. The summed E-state index contributed by atoms with van der Waals surface area (Å²) in [5.41, 5.74) is 3.36. The van der Waals surface area contributed by atoms with E-state index in [0.717, 1.165) is 68.2 Å². The number of nitrogens with one attached hydrogen (secondary N) is 1. The van der Waals surface area contributed by atoms with Gasteiger partial charge in [-0.3, -0.25) is 9.69 Å². The number of anilines is 1. The second-order valence-corrected chi connectivity index (χ2v) is 8.36. The maximum Gasteiger partial charge on any atom is 0.255 e. The lowest BCUT2D eigenvalue weighted by molar-refractivity contribution is 0.102. The first-order chi connectivity index (χ1) is 14.5. The first kappa shape index (κ1) is 20.8. The number of aromatic nitrogens is 2. The highest BCUT2D eigenvalue weighted by Gasteiger charge is 2.18. The highest BCUT2D eigenvalue weighted by Crippen LogP contribution is 2.23. The van der Waals surface area contributed by atoms with Crippen molar-refractivity contribution in [2.75, 3.05) is 38.5 Å². The number of hydrogen-bond acceptors (Lipinski definition) is 4. The van der Waals surface area contributed by atoms with Crippen LogP contribution in [0.3, 0.4) is 0 Å². The molecule has 2 aromatic carbocycles. The first-order valence-electron chi connectivity index (χ1n) is 10.5. The van der Waals surface area contributed by atoms with Crippen molar-refractivity contribution in [1.82, 2.24) is 19.4 Å². The predicted molar refractivity (Wildman–Crippen MR) is 122 cm³/mol. The van der Waals surface area contributed by atoms with E-state index in [0.29, 0.717) is 10.6 Å². The highest BCUT2D eigenvalue weighted by molar-refractivity contribution is 6.30. The molecule has 30 heavy (non-hydrogen) atoms. The van der Waals surface area contributed by atoms with E-state index in [2.05, 4.69) is 39.7 Å². The Morgan fingerprint density at radius 3 is 2.53 bits per heavy atom. The Balaban J connectivity index is 1.56. The molecule has 6 nitrogen and oxygen atoms in total. The van der Waals surface area contributed by atoms with E-state index >= 15 is 0 Å². The number of carbonyl (C=O) groups is 1. The molecule has 0 bridgehead atoms. The van der Waals surface area contributed by atoms with Crippen molar-refractivity contribution >= 4 is 34.2 Å². The molecule has 0 spiro atoms. The third kappa shape index (κ3) is 4.67. The Morgan fingerprint density at radius 2 is 1.83 bits per heavy atom. The standard InChI is InChI=1S/C23H28ClN5O/c1-3-10-29-21-9-8-19(25-23(30)17-4-6-18(24)7-5-17)15-20(21)26-22(29)16-28-13-11-27(2)12-14-28/h4-9,15H,3,10-14,16H2,1-2H3,(H,25,30). The molecule has 1 aromatic heterocycles. The summed E-state index contributed by atoms with van der Waals surface area (Å²) >= 11 is 5.91. The molecule has 2 heterocycles. The number of halogens is 1. The average molecular weight is 426 g/mol. The fraction of sp³-hybridized carbons (Fsp3) is 0.391. The fourth-order valence-electron chi connectivity index (χ4n) is 3.86. The number of rotatable bonds is 6. The van der Waals surface area contributed by atoms with Gasteiger partial charge in [-0.1, -0.05) is 18.5 Å². The Kier molecular flexibility index (Phi) is 6.37. The third-order valence-electron chi connectivity index (χ3n) is 5.60. The van der Waals surface area contributed by atoms with Crippen molar-refractivity contribution in [1.29, 1.82) is 0 Å². The van der Waals surface area contributed by atoms with Crippen LogP contribution in [-0.4, -0.2) is 58.5 Å². The summed E-state index contributed by atoms with van der Waals surface area (Å²) in [6.07, 6.45) is 1.05. The topological polar surface area (TPSA) is 53.4 Å². The van der Waals surface area contributed by atoms with Crippen LogP contribution in [0.1, 0.15) is 29.5 Å². The summed E-state index contributed by atoms with van der Waals surface area (Å²) in [4.78, 5) is 22.3. The van der Waals surface area contributed by atoms with Gasteiger partial charge in [0, 0.05) is 49.0 Å². The van der Waals surface area contributed by atoms with Crippen molar-refractivity contribution in [2.45, 2.75) is 26.4 Å². The maximum absolute atomic E-state index is 12.5. The maximum atomic E-state index is 12.5. The van der Waals surface area contributed by atoms with Crippen molar-refractivity contribution < 1.29 is 4.79 Å². The van der Waals surface area contributed by atoms with Crippen LogP contribution in [0.25, 0.3) is 11.0 Å². The molecule has 1 aliphatic rings. The van der Waals surface area contributed by atoms with Crippen molar-refractivity contribution in [2.24, 2.45) is 0 Å². The summed E-state index contributed by atoms with van der Waals surface area (Å²) in [6.45, 7) is 8.30. The van der Waals surface area contributed by atoms with Gasteiger partial charge < -0.3 is 14.8 Å². The number of likely N-dealkylation sites (N-methyl/N-ethyl adjacent to an activating group) is 1. The number of nitrogens with zero attached hydrogens (tertiary/aromatic N) is 4. The van der Waals surface area contributed by atoms with Gasteiger partial charge in [0.05, 0.1) is 17.6 Å². The zero-order valence-corrected chi connectivity index (χ0v) is 18.3. The van der Waals surface area contributed by atoms with Crippen molar-refractivity contribution in [3.05, 3.63) is 58.9 Å². The van der Waals surface area contributed by atoms with E-state index in [4.69, 9.17) is 16.6 Å². The van der Waals surface area contributed by atoms with Crippen LogP contribution in [0.5, 0.6) is 0 Å². The summed E-state index contributed by atoms with van der Waals surface area (Å²) < 4.78 is 2.32. The molecule has 0 unspecified atom stereocenters. The van der Waals surface area contributed by atoms with Gasteiger partial charge in [-0.25, -0.2) is 4.98 Å². The fourth-order valence-corrected chi connectivity index (χ4v) is 3.99. The molecule has 7 heteroatoms. The molecule has 0 aliphatic carbocycles. The lowest BCUT2D eigenvalue weighted by Gasteiger charge is -2.32. The van der Waals surface area contributed by atoms with E-state index in [9.17, 15) is 4.79 Å². The summed E-state index contributed by atoms with van der Waals surface area (Å²) in [5.74, 6) is 0.939. The van der Waals surface area contributed by atoms with Gasteiger partial charge in [0.1, 0.15) is 5.82 Å². The SMILES string of the molecule is CCCn1c(CN2CCN(C)CC2)nc2cc(NC(=O)c3ccc(Cl)cc3)ccc21. The smallest absolute Gasteiger partial charge is 0.255 e. The number of aryl methyl sites for hydroxylation is 1. The molecule has 1 saturated heterocycles. The molecule has 1 N–H and O–H groups in total. The molecule has 0 atom stereocenters. The van der Waals surface area contributed by atoms with Gasteiger partial charge in [0.2, 0.25) is 0 Å². The molecule has 1 fully saturated rings. The quantitative estimate of drug-likeness (QED) is 0.646. The van der Waals surface area contributed by atoms with Gasteiger partial charge >= 0.3 is 0 Å². The number of fused-ring (bicyclic) bond motifs is 1. The van der Waals surface area contributed by atoms with Crippen molar-refractivity contribution in [3.63, 3.8) is 0 Å². The van der Waals surface area contributed by atoms with Crippen LogP contribution in [-0.2, 0) is 13.1 Å². The highest BCUT2D eigenvalue weighted by atomic mass is 35.5. The number of imidazole rings is 1. The summed E-state index contributed by atoms with van der Waals surface area (Å²) in [6, 6.07) is 12.9. The van der Waals surface area contributed by atoms with Gasteiger partial charge in [0.25, 0.3) is 5.91 Å². The first-order valence-corrected chi connectivity index (χ1v) is 10.9. The van der Waals surface area contributed by atoms with Gasteiger partial charge in [0.15, 0.2) is 0 Å². The Labute approximate surface area is 182 Å². The summed E-state index contributed by atoms with van der Waals surface area (Å²) in [7, 11) is 2.17. The largest absolute Gasteiger partial charge is 0.327 e. The second kappa shape index (κ2) is 9.16. The molecular formula is C23H28ClN5O. The molecule has 158 valence electrons. The van der Waals surface area contributed by atoms with E-state index in [-0.39, 0.29) is 5.91 Å². The zero-order chi connectivity index (χ0) is 21.1. The minimum absolute atomic E-state index is 0.156. The molecular weight excluding hydrogens is 398 g/mol. The Morgan fingerprint density at radius 1 is 1.10 bits per heavy atom. The molecule has 4 rings (SSSR count).